The fourth-order valence-electron chi connectivity index (χ4n) is 2.92. The molecule has 0 saturated heterocycles. The Kier molecular flexibility index (Phi) is 3.56. The largest absolute Gasteiger partial charge is 0.383 e. The molecule has 1 aromatic heterocycles. The summed E-state index contributed by atoms with van der Waals surface area (Å²) < 4.78 is 28.8. The van der Waals surface area contributed by atoms with Crippen LogP contribution in [0.1, 0.15) is 30.1 Å². The van der Waals surface area contributed by atoms with Crippen molar-refractivity contribution in [2.45, 2.75) is 25.3 Å². The molecular formula is C19H17F2N3. The van der Waals surface area contributed by atoms with Crippen LogP contribution in [-0.4, -0.2) is 9.55 Å². The van der Waals surface area contributed by atoms with Crippen LogP contribution in [0.25, 0.3) is 11.3 Å². The van der Waals surface area contributed by atoms with E-state index < -0.39 is 11.6 Å². The van der Waals surface area contributed by atoms with Crippen molar-refractivity contribution < 1.29 is 8.78 Å². The molecule has 0 radical (unpaired) electrons. The zero-order valence-electron chi connectivity index (χ0n) is 13.0. The Labute approximate surface area is 138 Å². The van der Waals surface area contributed by atoms with Crippen LogP contribution in [0, 0.1) is 11.6 Å². The number of aromatic nitrogens is 2. The van der Waals surface area contributed by atoms with E-state index in [9.17, 15) is 8.78 Å². The van der Waals surface area contributed by atoms with E-state index in [-0.39, 0.29) is 0 Å². The van der Waals surface area contributed by atoms with E-state index in [1.54, 1.807) is 0 Å². The van der Waals surface area contributed by atoms with Crippen LogP contribution in [0.5, 0.6) is 0 Å². The van der Waals surface area contributed by atoms with Crippen LogP contribution in [0.2, 0.25) is 0 Å². The molecule has 122 valence electrons. The van der Waals surface area contributed by atoms with Gasteiger partial charge < -0.3 is 10.3 Å². The van der Waals surface area contributed by atoms with E-state index in [2.05, 4.69) is 4.98 Å². The molecule has 0 spiro atoms. The Morgan fingerprint density at radius 1 is 1.04 bits per heavy atom. The summed E-state index contributed by atoms with van der Waals surface area (Å²) in [6.07, 6.45) is 2.17. The molecule has 5 heteroatoms. The second kappa shape index (κ2) is 5.74. The van der Waals surface area contributed by atoms with Crippen molar-refractivity contribution in [2.24, 2.45) is 0 Å². The van der Waals surface area contributed by atoms with Crippen molar-refractivity contribution >= 4 is 5.82 Å². The molecule has 1 saturated carbocycles. The summed E-state index contributed by atoms with van der Waals surface area (Å²) in [4.78, 5) is 4.66. The van der Waals surface area contributed by atoms with Gasteiger partial charge in [-0.15, -0.1) is 0 Å². The van der Waals surface area contributed by atoms with E-state index >= 15 is 0 Å². The second-order valence-electron chi connectivity index (χ2n) is 6.18. The first-order valence-electron chi connectivity index (χ1n) is 7.98. The molecule has 0 aliphatic heterocycles. The highest BCUT2D eigenvalue weighted by Gasteiger charge is 2.31. The fraction of sp³-hybridized carbons (Fsp3) is 0.211. The first-order chi connectivity index (χ1) is 11.6. The smallest absolute Gasteiger partial charge is 0.159 e. The molecule has 3 nitrogen and oxygen atoms in total. The van der Waals surface area contributed by atoms with E-state index in [0.29, 0.717) is 29.5 Å². The molecule has 0 unspecified atom stereocenters. The Morgan fingerprint density at radius 2 is 1.79 bits per heavy atom. The van der Waals surface area contributed by atoms with Crippen molar-refractivity contribution in [2.75, 3.05) is 5.73 Å². The van der Waals surface area contributed by atoms with Crippen molar-refractivity contribution in [3.63, 3.8) is 0 Å². The van der Waals surface area contributed by atoms with Gasteiger partial charge in [0.25, 0.3) is 0 Å². The summed E-state index contributed by atoms with van der Waals surface area (Å²) in [6, 6.07) is 13.8. The minimum Gasteiger partial charge on any atom is -0.383 e. The SMILES string of the molecule is Nc1c(-c2ccc(F)c(F)c2)nc(C2CC2)n1Cc1ccccc1. The summed E-state index contributed by atoms with van der Waals surface area (Å²) in [5.74, 6) is 0.0545. The minimum absolute atomic E-state index is 0.398. The summed E-state index contributed by atoms with van der Waals surface area (Å²) in [5, 5.41) is 0. The van der Waals surface area contributed by atoms with Crippen molar-refractivity contribution in [3.05, 3.63) is 71.6 Å². The second-order valence-corrected chi connectivity index (χ2v) is 6.18. The molecule has 24 heavy (non-hydrogen) atoms. The predicted octanol–water partition coefficient (Wildman–Crippen LogP) is 4.34. The topological polar surface area (TPSA) is 43.8 Å². The molecule has 0 atom stereocenters. The lowest BCUT2D eigenvalue weighted by Crippen LogP contribution is -2.07. The normalized spacial score (nSPS) is 14.1. The minimum atomic E-state index is -0.891. The summed E-state index contributed by atoms with van der Waals surface area (Å²) in [5.41, 5.74) is 8.47. The maximum absolute atomic E-state index is 13.6. The Balaban J connectivity index is 1.78. The van der Waals surface area contributed by atoms with E-state index in [0.717, 1.165) is 36.4 Å². The van der Waals surface area contributed by atoms with Gasteiger partial charge in [-0.1, -0.05) is 30.3 Å². The first-order valence-corrected chi connectivity index (χ1v) is 7.98. The molecule has 3 aromatic rings. The number of hydrogen-bond acceptors (Lipinski definition) is 2. The number of nitrogen functional groups attached to an aromatic ring is 1. The third kappa shape index (κ3) is 2.66. The number of imidazole rings is 1. The summed E-state index contributed by atoms with van der Waals surface area (Å²) in [6.45, 7) is 0.620. The molecule has 1 heterocycles. The molecule has 1 aliphatic carbocycles. The average molecular weight is 325 g/mol. The molecule has 4 rings (SSSR count). The fourth-order valence-corrected chi connectivity index (χ4v) is 2.92. The van der Waals surface area contributed by atoms with Crippen LogP contribution in [0.3, 0.4) is 0 Å². The zero-order valence-corrected chi connectivity index (χ0v) is 13.0. The van der Waals surface area contributed by atoms with E-state index in [4.69, 9.17) is 5.73 Å². The van der Waals surface area contributed by atoms with Crippen LogP contribution in [0.15, 0.2) is 48.5 Å². The van der Waals surface area contributed by atoms with Crippen LogP contribution in [0.4, 0.5) is 14.6 Å². The van der Waals surface area contributed by atoms with Crippen molar-refractivity contribution in [1.82, 2.24) is 9.55 Å². The molecule has 2 N–H and O–H groups in total. The van der Waals surface area contributed by atoms with Gasteiger partial charge in [0.05, 0.1) is 6.54 Å². The Bertz CT molecular complexity index is 883. The summed E-state index contributed by atoms with van der Waals surface area (Å²) in [7, 11) is 0. The van der Waals surface area contributed by atoms with Crippen LogP contribution in [-0.2, 0) is 6.54 Å². The Morgan fingerprint density at radius 3 is 2.46 bits per heavy atom. The maximum Gasteiger partial charge on any atom is 0.159 e. The third-order valence-corrected chi connectivity index (χ3v) is 4.36. The number of nitrogens with two attached hydrogens (primary N) is 1. The highest BCUT2D eigenvalue weighted by molar-refractivity contribution is 5.71. The lowest BCUT2D eigenvalue weighted by atomic mass is 10.1. The number of nitrogens with zero attached hydrogens (tertiary/aromatic N) is 2. The Hall–Kier alpha value is -2.69. The number of benzene rings is 2. The van der Waals surface area contributed by atoms with Gasteiger partial charge in [-0.25, -0.2) is 13.8 Å². The van der Waals surface area contributed by atoms with Crippen molar-refractivity contribution in [1.29, 1.82) is 0 Å². The lowest BCUT2D eigenvalue weighted by Gasteiger charge is -2.09. The van der Waals surface area contributed by atoms with Gasteiger partial charge in [-0.05, 0) is 36.6 Å². The van der Waals surface area contributed by atoms with Crippen molar-refractivity contribution in [3.8, 4) is 11.3 Å². The average Bonchev–Trinajstić information content (AvgIpc) is 3.38. The van der Waals surface area contributed by atoms with Gasteiger partial charge in [0, 0.05) is 11.5 Å². The number of hydrogen-bond donors (Lipinski definition) is 1. The quantitative estimate of drug-likeness (QED) is 0.775. The number of rotatable bonds is 4. The summed E-state index contributed by atoms with van der Waals surface area (Å²) >= 11 is 0. The predicted molar refractivity (Wildman–Crippen MR) is 89.5 cm³/mol. The van der Waals surface area contributed by atoms with Gasteiger partial charge in [-0.3, -0.25) is 0 Å². The molecule has 1 aliphatic rings. The van der Waals surface area contributed by atoms with Crippen LogP contribution >= 0.6 is 0 Å². The first kappa shape index (κ1) is 14.9. The lowest BCUT2D eigenvalue weighted by molar-refractivity contribution is 0.509. The highest BCUT2D eigenvalue weighted by Crippen LogP contribution is 2.42. The van der Waals surface area contributed by atoms with Gasteiger partial charge >= 0.3 is 0 Å². The molecule has 1 fully saturated rings. The molecular weight excluding hydrogens is 308 g/mol. The zero-order chi connectivity index (χ0) is 16.7. The van der Waals surface area contributed by atoms with Gasteiger partial charge in [0.1, 0.15) is 17.3 Å². The van der Waals surface area contributed by atoms with E-state index in [1.165, 1.54) is 6.07 Å². The van der Waals surface area contributed by atoms with Gasteiger partial charge in [0.2, 0.25) is 0 Å². The van der Waals surface area contributed by atoms with Crippen LogP contribution < -0.4 is 5.73 Å². The number of anilines is 1. The monoisotopic (exact) mass is 325 g/mol. The third-order valence-electron chi connectivity index (χ3n) is 4.36. The standard InChI is InChI=1S/C19H17F2N3/c20-15-9-8-14(10-16(15)21)17-18(22)24(19(23-17)13-6-7-13)11-12-4-2-1-3-5-12/h1-5,8-10,13H,6-7,11,22H2. The molecule has 0 amide bonds. The van der Waals surface area contributed by atoms with Gasteiger partial charge in [0.15, 0.2) is 11.6 Å². The molecule has 0 bridgehead atoms. The highest BCUT2D eigenvalue weighted by atomic mass is 19.2. The van der Waals surface area contributed by atoms with Gasteiger partial charge in [-0.2, -0.15) is 0 Å². The number of halogens is 2. The molecule has 2 aromatic carbocycles. The van der Waals surface area contributed by atoms with E-state index in [1.807, 2.05) is 34.9 Å². The maximum atomic E-state index is 13.6.